The Labute approximate surface area is 144 Å². The predicted molar refractivity (Wildman–Crippen MR) is 98.9 cm³/mol. The van der Waals surface area contributed by atoms with Crippen molar-refractivity contribution in [3.63, 3.8) is 0 Å². The third-order valence-electron chi connectivity index (χ3n) is 4.12. The van der Waals surface area contributed by atoms with Gasteiger partial charge in [0, 0.05) is 24.8 Å². The van der Waals surface area contributed by atoms with Crippen LogP contribution in [0.15, 0.2) is 54.6 Å². The Morgan fingerprint density at radius 1 is 0.958 bits per heavy atom. The van der Waals surface area contributed by atoms with E-state index in [4.69, 9.17) is 4.74 Å². The summed E-state index contributed by atoms with van der Waals surface area (Å²) < 4.78 is 5.77. The smallest absolute Gasteiger partial charge is 0.258 e. The molecule has 0 aliphatic heterocycles. The molecular weight excluding hydrogens is 300 g/mol. The Kier molecular flexibility index (Phi) is 6.82. The molecule has 0 bridgehead atoms. The maximum atomic E-state index is 12.4. The van der Waals surface area contributed by atoms with Crippen LogP contribution >= 0.6 is 0 Å². The molecule has 0 unspecified atom stereocenters. The highest BCUT2D eigenvalue weighted by Crippen LogP contribution is 2.20. The molecule has 0 aromatic heterocycles. The standard InChI is InChI=1S/C20H26N2O2/c1-4-22(5-2)15-16-24-19-13-11-18(12-14-19)21(3)20(23)17-9-7-6-8-10-17/h6-14H,4-5,15-16H2,1-3H3. The van der Waals surface area contributed by atoms with Crippen LogP contribution < -0.4 is 9.64 Å². The second-order valence-corrected chi connectivity index (χ2v) is 5.60. The molecule has 4 nitrogen and oxygen atoms in total. The Hall–Kier alpha value is -2.33. The summed E-state index contributed by atoms with van der Waals surface area (Å²) in [5.74, 6) is 0.803. The Bertz CT molecular complexity index is 622. The van der Waals surface area contributed by atoms with E-state index < -0.39 is 0 Å². The van der Waals surface area contributed by atoms with Crippen LogP contribution in [0.1, 0.15) is 24.2 Å². The zero-order chi connectivity index (χ0) is 17.4. The highest BCUT2D eigenvalue weighted by atomic mass is 16.5. The van der Waals surface area contributed by atoms with Crippen molar-refractivity contribution in [3.8, 4) is 5.75 Å². The molecule has 0 radical (unpaired) electrons. The van der Waals surface area contributed by atoms with E-state index in [1.165, 1.54) is 0 Å². The van der Waals surface area contributed by atoms with Crippen LogP contribution in [-0.2, 0) is 0 Å². The van der Waals surface area contributed by atoms with Gasteiger partial charge in [0.15, 0.2) is 0 Å². The Morgan fingerprint density at radius 3 is 2.17 bits per heavy atom. The van der Waals surface area contributed by atoms with Crippen LogP contribution in [0.3, 0.4) is 0 Å². The normalized spacial score (nSPS) is 10.7. The highest BCUT2D eigenvalue weighted by molar-refractivity contribution is 6.05. The second kappa shape index (κ2) is 9.08. The van der Waals surface area contributed by atoms with E-state index in [2.05, 4.69) is 18.7 Å². The average molecular weight is 326 g/mol. The first kappa shape index (κ1) is 18.0. The monoisotopic (exact) mass is 326 g/mol. The summed E-state index contributed by atoms with van der Waals surface area (Å²) in [4.78, 5) is 16.4. The second-order valence-electron chi connectivity index (χ2n) is 5.60. The minimum absolute atomic E-state index is 0.0224. The van der Waals surface area contributed by atoms with Gasteiger partial charge in [0.25, 0.3) is 5.91 Å². The van der Waals surface area contributed by atoms with E-state index in [9.17, 15) is 4.79 Å². The molecule has 0 spiro atoms. The van der Waals surface area contributed by atoms with Gasteiger partial charge < -0.3 is 14.5 Å². The zero-order valence-corrected chi connectivity index (χ0v) is 14.7. The Morgan fingerprint density at radius 2 is 1.58 bits per heavy atom. The molecule has 4 heteroatoms. The van der Waals surface area contributed by atoms with Crippen molar-refractivity contribution >= 4 is 11.6 Å². The van der Waals surface area contributed by atoms with Crippen molar-refractivity contribution < 1.29 is 9.53 Å². The summed E-state index contributed by atoms with van der Waals surface area (Å²) in [7, 11) is 1.78. The SMILES string of the molecule is CCN(CC)CCOc1ccc(N(C)C(=O)c2ccccc2)cc1. The Balaban J connectivity index is 1.92. The quantitative estimate of drug-likeness (QED) is 0.742. The number of carbonyl (C=O) groups excluding carboxylic acids is 1. The van der Waals surface area contributed by atoms with Gasteiger partial charge >= 0.3 is 0 Å². The molecule has 2 aromatic rings. The van der Waals surface area contributed by atoms with Crippen molar-refractivity contribution in [2.75, 3.05) is 38.2 Å². The minimum atomic E-state index is -0.0224. The highest BCUT2D eigenvalue weighted by Gasteiger charge is 2.12. The summed E-state index contributed by atoms with van der Waals surface area (Å²) in [6, 6.07) is 16.9. The molecule has 2 aromatic carbocycles. The van der Waals surface area contributed by atoms with E-state index in [0.717, 1.165) is 31.1 Å². The van der Waals surface area contributed by atoms with Gasteiger partial charge in [-0.1, -0.05) is 32.0 Å². The topological polar surface area (TPSA) is 32.8 Å². The molecule has 0 atom stereocenters. The van der Waals surface area contributed by atoms with E-state index in [1.807, 2.05) is 54.6 Å². The van der Waals surface area contributed by atoms with Gasteiger partial charge in [-0.05, 0) is 49.5 Å². The number of likely N-dealkylation sites (N-methyl/N-ethyl adjacent to an activating group) is 1. The van der Waals surface area contributed by atoms with E-state index >= 15 is 0 Å². The average Bonchev–Trinajstić information content (AvgIpc) is 2.65. The lowest BCUT2D eigenvalue weighted by atomic mass is 10.2. The number of rotatable bonds is 8. The number of hydrogen-bond donors (Lipinski definition) is 0. The van der Waals surface area contributed by atoms with Gasteiger partial charge in [-0.2, -0.15) is 0 Å². The maximum Gasteiger partial charge on any atom is 0.258 e. The lowest BCUT2D eigenvalue weighted by molar-refractivity contribution is 0.0993. The fourth-order valence-corrected chi connectivity index (χ4v) is 2.49. The first-order valence-electron chi connectivity index (χ1n) is 8.44. The fourth-order valence-electron chi connectivity index (χ4n) is 2.49. The molecule has 0 saturated carbocycles. The molecule has 2 rings (SSSR count). The summed E-state index contributed by atoms with van der Waals surface area (Å²) in [6.45, 7) is 7.95. The minimum Gasteiger partial charge on any atom is -0.492 e. The molecule has 0 heterocycles. The molecule has 0 aliphatic carbocycles. The summed E-state index contributed by atoms with van der Waals surface area (Å²) in [5, 5.41) is 0. The van der Waals surface area contributed by atoms with Crippen molar-refractivity contribution in [2.45, 2.75) is 13.8 Å². The van der Waals surface area contributed by atoms with Crippen molar-refractivity contribution in [1.29, 1.82) is 0 Å². The van der Waals surface area contributed by atoms with Crippen LogP contribution in [0.25, 0.3) is 0 Å². The van der Waals surface area contributed by atoms with Gasteiger partial charge in [-0.15, -0.1) is 0 Å². The van der Waals surface area contributed by atoms with Crippen LogP contribution in [0.4, 0.5) is 5.69 Å². The molecule has 0 fully saturated rings. The third-order valence-corrected chi connectivity index (χ3v) is 4.12. The molecule has 1 amide bonds. The number of amides is 1. The van der Waals surface area contributed by atoms with E-state index in [1.54, 1.807) is 11.9 Å². The van der Waals surface area contributed by atoms with E-state index in [-0.39, 0.29) is 5.91 Å². The van der Waals surface area contributed by atoms with Gasteiger partial charge in [-0.3, -0.25) is 4.79 Å². The van der Waals surface area contributed by atoms with Gasteiger partial charge in [0.1, 0.15) is 12.4 Å². The molecular formula is C20H26N2O2. The first-order valence-corrected chi connectivity index (χ1v) is 8.44. The number of hydrogen-bond acceptors (Lipinski definition) is 3. The van der Waals surface area contributed by atoms with Crippen molar-refractivity contribution in [1.82, 2.24) is 4.90 Å². The summed E-state index contributed by atoms with van der Waals surface area (Å²) in [5.41, 5.74) is 1.53. The number of anilines is 1. The number of ether oxygens (including phenoxy) is 1. The van der Waals surface area contributed by atoms with Gasteiger partial charge in [-0.25, -0.2) is 0 Å². The fraction of sp³-hybridized carbons (Fsp3) is 0.350. The maximum absolute atomic E-state index is 12.4. The number of benzene rings is 2. The number of carbonyl (C=O) groups is 1. The molecule has 128 valence electrons. The summed E-state index contributed by atoms with van der Waals surface area (Å²) in [6.07, 6.45) is 0. The van der Waals surface area contributed by atoms with Crippen molar-refractivity contribution in [2.24, 2.45) is 0 Å². The third kappa shape index (κ3) is 4.83. The van der Waals surface area contributed by atoms with E-state index in [0.29, 0.717) is 12.2 Å². The predicted octanol–water partition coefficient (Wildman–Crippen LogP) is 3.68. The largest absolute Gasteiger partial charge is 0.492 e. The summed E-state index contributed by atoms with van der Waals surface area (Å²) >= 11 is 0. The van der Waals surface area contributed by atoms with Crippen LogP contribution in [0.2, 0.25) is 0 Å². The van der Waals surface area contributed by atoms with Gasteiger partial charge in [0.05, 0.1) is 0 Å². The zero-order valence-electron chi connectivity index (χ0n) is 14.7. The molecule has 0 saturated heterocycles. The number of nitrogens with zero attached hydrogens (tertiary/aromatic N) is 2. The first-order chi connectivity index (χ1) is 11.7. The van der Waals surface area contributed by atoms with Gasteiger partial charge in [0.2, 0.25) is 0 Å². The molecule has 24 heavy (non-hydrogen) atoms. The van der Waals surface area contributed by atoms with Crippen LogP contribution in [-0.4, -0.2) is 44.1 Å². The lowest BCUT2D eigenvalue weighted by Crippen LogP contribution is -2.28. The molecule has 0 aliphatic rings. The van der Waals surface area contributed by atoms with Crippen LogP contribution in [0, 0.1) is 0 Å². The van der Waals surface area contributed by atoms with Crippen molar-refractivity contribution in [3.05, 3.63) is 60.2 Å². The van der Waals surface area contributed by atoms with Crippen LogP contribution in [0.5, 0.6) is 5.75 Å². The lowest BCUT2D eigenvalue weighted by Gasteiger charge is -2.19. The molecule has 0 N–H and O–H groups in total.